The Morgan fingerprint density at radius 2 is 1.72 bits per heavy atom. The molecule has 1 aliphatic heterocycles. The van der Waals surface area contributed by atoms with Gasteiger partial charge < -0.3 is 10.6 Å². The number of thioether (sulfide) groups is 1. The van der Waals surface area contributed by atoms with Gasteiger partial charge in [-0.15, -0.1) is 0 Å². The van der Waals surface area contributed by atoms with Crippen LogP contribution in [0.1, 0.15) is 22.8 Å². The number of imide groups is 1. The summed E-state index contributed by atoms with van der Waals surface area (Å²) >= 11 is 0.890. The normalized spacial score (nSPS) is 14.9. The first-order valence-corrected chi connectivity index (χ1v) is 9.72. The lowest BCUT2D eigenvalue weighted by molar-refractivity contribution is -0.122. The van der Waals surface area contributed by atoms with Crippen LogP contribution in [0, 0.1) is 0 Å². The SMILES string of the molecule is CC(=O)Nc1ccc(C(=O)NCCN2C(=O)S/C(=C\c3ccccc3)C2=O)cc1. The Morgan fingerprint density at radius 1 is 1.03 bits per heavy atom. The van der Waals surface area contributed by atoms with Gasteiger partial charge in [-0.25, -0.2) is 0 Å². The van der Waals surface area contributed by atoms with E-state index in [2.05, 4.69) is 10.6 Å². The molecule has 0 spiro atoms. The van der Waals surface area contributed by atoms with Crippen molar-refractivity contribution in [1.82, 2.24) is 10.2 Å². The van der Waals surface area contributed by atoms with Gasteiger partial charge in [0.1, 0.15) is 0 Å². The second kappa shape index (κ2) is 9.20. The highest BCUT2D eigenvalue weighted by atomic mass is 32.2. The van der Waals surface area contributed by atoms with Crippen molar-refractivity contribution in [1.29, 1.82) is 0 Å². The molecule has 0 atom stereocenters. The summed E-state index contributed by atoms with van der Waals surface area (Å²) in [5, 5.41) is 4.96. The molecule has 148 valence electrons. The van der Waals surface area contributed by atoms with E-state index in [1.165, 1.54) is 6.92 Å². The van der Waals surface area contributed by atoms with Gasteiger partial charge in [0.05, 0.1) is 4.91 Å². The first-order chi connectivity index (χ1) is 13.9. The number of hydrogen-bond acceptors (Lipinski definition) is 5. The maximum atomic E-state index is 12.5. The first kappa shape index (κ1) is 20.3. The molecule has 1 saturated heterocycles. The van der Waals surface area contributed by atoms with Crippen molar-refractivity contribution < 1.29 is 19.2 Å². The van der Waals surface area contributed by atoms with Gasteiger partial charge in [-0.2, -0.15) is 0 Å². The van der Waals surface area contributed by atoms with E-state index < -0.39 is 0 Å². The van der Waals surface area contributed by atoms with E-state index >= 15 is 0 Å². The Morgan fingerprint density at radius 3 is 2.38 bits per heavy atom. The van der Waals surface area contributed by atoms with Crippen molar-refractivity contribution in [3.63, 3.8) is 0 Å². The zero-order chi connectivity index (χ0) is 20.8. The van der Waals surface area contributed by atoms with Gasteiger partial charge in [0.2, 0.25) is 5.91 Å². The summed E-state index contributed by atoms with van der Waals surface area (Å²) in [7, 11) is 0. The second-order valence-electron chi connectivity index (χ2n) is 6.26. The number of amides is 4. The molecule has 2 N–H and O–H groups in total. The molecule has 7 nitrogen and oxygen atoms in total. The molecule has 2 aromatic carbocycles. The van der Waals surface area contributed by atoms with Crippen molar-refractivity contribution >= 4 is 46.5 Å². The Bertz CT molecular complexity index is 971. The third kappa shape index (κ3) is 5.32. The minimum Gasteiger partial charge on any atom is -0.350 e. The molecule has 0 radical (unpaired) electrons. The molecule has 0 bridgehead atoms. The van der Waals surface area contributed by atoms with Crippen molar-refractivity contribution in [2.75, 3.05) is 18.4 Å². The van der Waals surface area contributed by atoms with Crippen LogP contribution in [0.25, 0.3) is 6.08 Å². The standard InChI is InChI=1S/C21H19N3O4S/c1-14(25)23-17-9-7-16(8-10-17)19(26)22-11-12-24-20(27)18(29-21(24)28)13-15-5-3-2-4-6-15/h2-10,13H,11-12H2,1H3,(H,22,26)(H,23,25)/b18-13-. The predicted molar refractivity (Wildman–Crippen MR) is 112 cm³/mol. The topological polar surface area (TPSA) is 95.6 Å². The quantitative estimate of drug-likeness (QED) is 0.715. The summed E-state index contributed by atoms with van der Waals surface area (Å²) in [5.41, 5.74) is 1.85. The van der Waals surface area contributed by atoms with Crippen LogP contribution in [0.5, 0.6) is 0 Å². The minimum atomic E-state index is -0.363. The summed E-state index contributed by atoms with van der Waals surface area (Å²) in [5.74, 6) is -0.885. The molecular formula is C21H19N3O4S. The highest BCUT2D eigenvalue weighted by Gasteiger charge is 2.34. The van der Waals surface area contributed by atoms with Crippen LogP contribution in [0.4, 0.5) is 10.5 Å². The number of nitrogens with zero attached hydrogens (tertiary/aromatic N) is 1. The molecule has 1 aliphatic rings. The average Bonchev–Trinajstić information content (AvgIpc) is 2.96. The van der Waals surface area contributed by atoms with Crippen molar-refractivity contribution in [3.05, 3.63) is 70.6 Å². The average molecular weight is 409 g/mol. The fourth-order valence-corrected chi connectivity index (χ4v) is 3.55. The Balaban J connectivity index is 1.54. The Hall–Kier alpha value is -3.39. The number of nitrogens with one attached hydrogen (secondary N) is 2. The van der Waals surface area contributed by atoms with Crippen LogP contribution in [-0.4, -0.2) is 41.0 Å². The molecule has 0 unspecified atom stereocenters. The van der Waals surface area contributed by atoms with Crippen molar-refractivity contribution in [2.45, 2.75) is 6.92 Å². The molecule has 1 heterocycles. The lowest BCUT2D eigenvalue weighted by Crippen LogP contribution is -2.37. The highest BCUT2D eigenvalue weighted by molar-refractivity contribution is 8.18. The monoisotopic (exact) mass is 409 g/mol. The summed E-state index contributed by atoms with van der Waals surface area (Å²) in [6, 6.07) is 15.7. The number of anilines is 1. The zero-order valence-electron chi connectivity index (χ0n) is 15.7. The van der Waals surface area contributed by atoms with E-state index in [-0.39, 0.29) is 36.1 Å². The molecule has 1 fully saturated rings. The largest absolute Gasteiger partial charge is 0.350 e. The van der Waals surface area contributed by atoms with E-state index in [0.29, 0.717) is 16.2 Å². The summed E-state index contributed by atoms with van der Waals surface area (Å²) in [6.45, 7) is 1.63. The zero-order valence-corrected chi connectivity index (χ0v) is 16.5. The lowest BCUT2D eigenvalue weighted by atomic mass is 10.2. The van der Waals surface area contributed by atoms with Crippen molar-refractivity contribution in [3.8, 4) is 0 Å². The molecule has 0 saturated carbocycles. The van der Waals surface area contributed by atoms with Crippen LogP contribution in [-0.2, 0) is 9.59 Å². The molecule has 0 aromatic heterocycles. The fraction of sp³-hybridized carbons (Fsp3) is 0.143. The maximum absolute atomic E-state index is 12.5. The Kier molecular flexibility index (Phi) is 6.46. The van der Waals surface area contributed by atoms with E-state index in [1.807, 2.05) is 30.3 Å². The van der Waals surface area contributed by atoms with E-state index in [0.717, 1.165) is 22.2 Å². The van der Waals surface area contributed by atoms with E-state index in [9.17, 15) is 19.2 Å². The first-order valence-electron chi connectivity index (χ1n) is 8.90. The maximum Gasteiger partial charge on any atom is 0.293 e. The third-order valence-electron chi connectivity index (χ3n) is 4.06. The molecule has 2 aromatic rings. The fourth-order valence-electron chi connectivity index (χ4n) is 2.68. The number of benzene rings is 2. The van der Waals surface area contributed by atoms with Crippen LogP contribution in [0.2, 0.25) is 0 Å². The van der Waals surface area contributed by atoms with Gasteiger partial charge in [-0.3, -0.25) is 24.1 Å². The van der Waals surface area contributed by atoms with Crippen LogP contribution in [0.15, 0.2) is 59.5 Å². The third-order valence-corrected chi connectivity index (χ3v) is 4.97. The second-order valence-corrected chi connectivity index (χ2v) is 7.25. The van der Waals surface area contributed by atoms with E-state index in [1.54, 1.807) is 30.3 Å². The molecule has 4 amide bonds. The van der Waals surface area contributed by atoms with Crippen LogP contribution >= 0.6 is 11.8 Å². The molecule has 29 heavy (non-hydrogen) atoms. The summed E-state index contributed by atoms with van der Waals surface area (Å²) < 4.78 is 0. The Labute approximate surface area is 172 Å². The highest BCUT2D eigenvalue weighted by Crippen LogP contribution is 2.31. The van der Waals surface area contributed by atoms with Gasteiger partial charge in [0.15, 0.2) is 0 Å². The van der Waals surface area contributed by atoms with Crippen molar-refractivity contribution in [2.24, 2.45) is 0 Å². The molecule has 0 aliphatic carbocycles. The predicted octanol–water partition coefficient (Wildman–Crippen LogP) is 3.11. The smallest absolute Gasteiger partial charge is 0.293 e. The van der Waals surface area contributed by atoms with Gasteiger partial charge >= 0.3 is 0 Å². The van der Waals surface area contributed by atoms with Crippen LogP contribution < -0.4 is 10.6 Å². The summed E-state index contributed by atoms with van der Waals surface area (Å²) in [4.78, 5) is 49.3. The van der Waals surface area contributed by atoms with Gasteiger partial charge in [-0.05, 0) is 47.7 Å². The number of hydrogen-bond donors (Lipinski definition) is 2. The van der Waals surface area contributed by atoms with E-state index in [4.69, 9.17) is 0 Å². The molecular weight excluding hydrogens is 390 g/mol. The lowest BCUT2D eigenvalue weighted by Gasteiger charge is -2.13. The minimum absolute atomic E-state index is 0.0898. The van der Waals surface area contributed by atoms with Gasteiger partial charge in [0.25, 0.3) is 17.1 Å². The molecule has 8 heteroatoms. The van der Waals surface area contributed by atoms with Crippen LogP contribution in [0.3, 0.4) is 0 Å². The molecule has 3 rings (SSSR count). The number of carbonyl (C=O) groups is 4. The van der Waals surface area contributed by atoms with Gasteiger partial charge in [-0.1, -0.05) is 30.3 Å². The summed E-state index contributed by atoms with van der Waals surface area (Å²) in [6.07, 6.45) is 1.68. The number of rotatable bonds is 6. The van der Waals surface area contributed by atoms with Gasteiger partial charge in [0, 0.05) is 31.3 Å². The number of carbonyl (C=O) groups excluding carboxylic acids is 4.